The molecule has 6 rings (SSSR count). The van der Waals surface area contributed by atoms with Crippen molar-refractivity contribution in [3.8, 4) is 5.82 Å². The Labute approximate surface area is 216 Å². The molecule has 0 amide bonds. The van der Waals surface area contributed by atoms with Gasteiger partial charge in [0.05, 0.1) is 0 Å². The fourth-order valence-corrected chi connectivity index (χ4v) is 5.29. The average Bonchev–Trinajstić information content (AvgIpc) is 3.65. The first-order valence-corrected chi connectivity index (χ1v) is 12.6. The van der Waals surface area contributed by atoms with E-state index in [1.54, 1.807) is 6.92 Å². The van der Waals surface area contributed by atoms with Crippen molar-refractivity contribution in [2.75, 3.05) is 11.9 Å². The van der Waals surface area contributed by atoms with Crippen molar-refractivity contribution in [3.63, 3.8) is 0 Å². The van der Waals surface area contributed by atoms with Gasteiger partial charge in [0.25, 0.3) is 5.56 Å². The maximum atomic E-state index is 13.8. The minimum atomic E-state index is -4.45. The molecule has 4 heterocycles. The van der Waals surface area contributed by atoms with Gasteiger partial charge in [0.1, 0.15) is 16.6 Å². The Morgan fingerprint density at radius 2 is 1.92 bits per heavy atom. The number of aromatic nitrogens is 6. The van der Waals surface area contributed by atoms with Crippen LogP contribution in [0.4, 0.5) is 24.8 Å². The predicted molar refractivity (Wildman–Crippen MR) is 136 cm³/mol. The molecule has 4 aromatic rings. The highest BCUT2D eigenvalue weighted by molar-refractivity contribution is 5.77. The highest BCUT2D eigenvalue weighted by Gasteiger charge is 2.66. The molecule has 0 atom stereocenters. The molecule has 0 spiro atoms. The molecule has 1 fully saturated rings. The normalized spacial score (nSPS) is 17.8. The Balaban J connectivity index is 1.42. The number of benzene rings is 1. The minimum Gasteiger partial charge on any atom is -0.324 e. The third-order valence-corrected chi connectivity index (χ3v) is 7.55. The molecule has 38 heavy (non-hydrogen) atoms. The van der Waals surface area contributed by atoms with Gasteiger partial charge in [-0.15, -0.1) is 0 Å². The van der Waals surface area contributed by atoms with Crippen molar-refractivity contribution >= 4 is 22.7 Å². The van der Waals surface area contributed by atoms with Gasteiger partial charge in [0, 0.05) is 36.2 Å². The summed E-state index contributed by atoms with van der Waals surface area (Å²) in [6.45, 7) is 7.19. The first-order chi connectivity index (χ1) is 18.0. The summed E-state index contributed by atoms with van der Waals surface area (Å²) in [6, 6.07) is 7.57. The van der Waals surface area contributed by atoms with Crippen LogP contribution in [-0.2, 0) is 23.9 Å². The summed E-state index contributed by atoms with van der Waals surface area (Å²) in [5, 5.41) is 6.97. The zero-order valence-corrected chi connectivity index (χ0v) is 21.2. The van der Waals surface area contributed by atoms with Crippen LogP contribution in [-0.4, -0.2) is 42.0 Å². The number of hydrogen-bond donors (Lipinski definition) is 2. The first kappa shape index (κ1) is 24.5. The molecule has 1 aliphatic heterocycles. The quantitative estimate of drug-likeness (QED) is 0.405. The number of hydrogen-bond acceptors (Lipinski definition) is 7. The van der Waals surface area contributed by atoms with E-state index in [9.17, 15) is 18.0 Å². The molecule has 198 valence electrons. The van der Waals surface area contributed by atoms with E-state index in [2.05, 4.69) is 56.5 Å². The van der Waals surface area contributed by atoms with Crippen molar-refractivity contribution in [1.82, 2.24) is 34.6 Å². The highest BCUT2D eigenvalue weighted by atomic mass is 19.4. The van der Waals surface area contributed by atoms with Gasteiger partial charge in [-0.2, -0.15) is 18.2 Å². The van der Waals surface area contributed by atoms with Gasteiger partial charge in [-0.25, -0.2) is 24.3 Å². The van der Waals surface area contributed by atoms with Crippen molar-refractivity contribution in [1.29, 1.82) is 0 Å². The van der Waals surface area contributed by atoms with Crippen LogP contribution in [0.3, 0.4) is 0 Å². The number of alkyl halides is 3. The summed E-state index contributed by atoms with van der Waals surface area (Å²) >= 11 is 0. The van der Waals surface area contributed by atoms with Crippen LogP contribution < -0.4 is 16.2 Å². The monoisotopic (exact) mass is 524 g/mol. The van der Waals surface area contributed by atoms with Crippen molar-refractivity contribution in [2.24, 2.45) is 0 Å². The van der Waals surface area contributed by atoms with E-state index in [1.165, 1.54) is 39.0 Å². The van der Waals surface area contributed by atoms with Crippen molar-refractivity contribution in [2.45, 2.75) is 63.7 Å². The Morgan fingerprint density at radius 3 is 2.63 bits per heavy atom. The van der Waals surface area contributed by atoms with Gasteiger partial charge in [-0.1, -0.05) is 6.07 Å². The number of halogens is 3. The van der Waals surface area contributed by atoms with Crippen LogP contribution in [0.25, 0.3) is 16.9 Å². The second-order valence-electron chi connectivity index (χ2n) is 10.4. The van der Waals surface area contributed by atoms with Gasteiger partial charge in [0.15, 0.2) is 11.5 Å². The van der Waals surface area contributed by atoms with Crippen LogP contribution >= 0.6 is 0 Å². The largest absolute Gasteiger partial charge is 0.401 e. The topological polar surface area (TPSA) is 103 Å². The SMILES string of the molecule is CCn1c(=O)c2cnc(Nc3ccc4c(c3)CCNC4(C)C)nc2n1-c1ccnc(C2(C(F)(F)F)CC2)n1. The number of nitrogens with one attached hydrogen (secondary N) is 2. The first-order valence-electron chi connectivity index (χ1n) is 12.6. The van der Waals surface area contributed by atoms with E-state index >= 15 is 0 Å². The number of rotatable bonds is 5. The van der Waals surface area contributed by atoms with Crippen LogP contribution in [0.1, 0.15) is 50.6 Å². The fourth-order valence-electron chi connectivity index (χ4n) is 5.29. The van der Waals surface area contributed by atoms with E-state index < -0.39 is 11.6 Å². The molecular weight excluding hydrogens is 497 g/mol. The summed E-state index contributed by atoms with van der Waals surface area (Å²) in [6.07, 6.45) is -0.948. The van der Waals surface area contributed by atoms with Gasteiger partial charge in [-0.3, -0.25) is 4.79 Å². The fraction of sp³-hybridized carbons (Fsp3) is 0.423. The molecule has 0 radical (unpaired) electrons. The minimum absolute atomic E-state index is 0.0583. The van der Waals surface area contributed by atoms with E-state index in [0.29, 0.717) is 0 Å². The van der Waals surface area contributed by atoms with Crippen molar-refractivity contribution < 1.29 is 13.2 Å². The summed E-state index contributed by atoms with van der Waals surface area (Å²) in [5.41, 5.74) is 0.986. The maximum Gasteiger partial charge on any atom is 0.401 e. The van der Waals surface area contributed by atoms with E-state index in [4.69, 9.17) is 0 Å². The van der Waals surface area contributed by atoms with Crippen LogP contribution in [0, 0.1) is 0 Å². The lowest BCUT2D eigenvalue weighted by atomic mass is 9.85. The zero-order valence-electron chi connectivity index (χ0n) is 21.2. The average molecular weight is 525 g/mol. The molecule has 0 saturated heterocycles. The number of anilines is 2. The molecule has 2 aliphatic rings. The van der Waals surface area contributed by atoms with Crippen LogP contribution in [0.5, 0.6) is 0 Å². The lowest BCUT2D eigenvalue weighted by Gasteiger charge is -2.34. The molecule has 3 aromatic heterocycles. The molecule has 0 unspecified atom stereocenters. The summed E-state index contributed by atoms with van der Waals surface area (Å²) in [7, 11) is 0. The zero-order chi connectivity index (χ0) is 26.9. The van der Waals surface area contributed by atoms with Gasteiger partial charge in [-0.05, 0) is 69.8 Å². The molecule has 1 aliphatic carbocycles. The number of fused-ring (bicyclic) bond motifs is 2. The van der Waals surface area contributed by atoms with Crippen LogP contribution in [0.2, 0.25) is 0 Å². The molecule has 1 saturated carbocycles. The number of nitrogens with zero attached hydrogens (tertiary/aromatic N) is 6. The summed E-state index contributed by atoms with van der Waals surface area (Å²) in [5.74, 6) is 0.113. The van der Waals surface area contributed by atoms with E-state index in [-0.39, 0.29) is 59.1 Å². The van der Waals surface area contributed by atoms with Gasteiger partial charge in [0.2, 0.25) is 5.95 Å². The Morgan fingerprint density at radius 1 is 1.13 bits per heavy atom. The van der Waals surface area contributed by atoms with E-state index in [1.807, 2.05) is 6.07 Å². The molecule has 1 aromatic carbocycles. The second kappa shape index (κ2) is 8.35. The molecular formula is C26H27F3N8O. The third kappa shape index (κ3) is 3.77. The molecule has 2 N–H and O–H groups in total. The predicted octanol–water partition coefficient (Wildman–Crippen LogP) is 4.11. The smallest absolute Gasteiger partial charge is 0.324 e. The Bertz CT molecular complexity index is 1620. The molecule has 9 nitrogen and oxygen atoms in total. The maximum absolute atomic E-state index is 13.8. The van der Waals surface area contributed by atoms with Gasteiger partial charge >= 0.3 is 6.18 Å². The molecule has 12 heteroatoms. The molecule has 0 bridgehead atoms. The Hall–Kier alpha value is -3.80. The standard InChI is InChI=1S/C26H27F3N8O/c1-4-36-21(38)17-14-31-23(33-16-5-6-18-15(13-16)7-12-32-24(18,2)3)35-20(17)37(36)19-8-11-30-22(34-19)25(9-10-25)26(27,28)29/h5-6,8,11,13-14,32H,4,7,9-10,12H2,1-3H3,(H,31,33,35). The second-order valence-corrected chi connectivity index (χ2v) is 10.4. The van der Waals surface area contributed by atoms with E-state index in [0.717, 1.165) is 18.7 Å². The van der Waals surface area contributed by atoms with Gasteiger partial charge < -0.3 is 10.6 Å². The third-order valence-electron chi connectivity index (χ3n) is 7.55. The summed E-state index contributed by atoms with van der Waals surface area (Å²) < 4.78 is 44.1. The highest BCUT2D eigenvalue weighted by Crippen LogP contribution is 2.57. The lowest BCUT2D eigenvalue weighted by Crippen LogP contribution is -2.42. The Kier molecular flexibility index (Phi) is 5.39. The van der Waals surface area contributed by atoms with Crippen molar-refractivity contribution in [3.05, 3.63) is 64.0 Å². The van der Waals surface area contributed by atoms with Crippen LogP contribution in [0.15, 0.2) is 41.5 Å². The summed E-state index contributed by atoms with van der Waals surface area (Å²) in [4.78, 5) is 30.3. The lowest BCUT2D eigenvalue weighted by molar-refractivity contribution is -0.162.